The van der Waals surface area contributed by atoms with E-state index in [-0.39, 0.29) is 23.4 Å². The second-order valence-electron chi connectivity index (χ2n) is 8.50. The quantitative estimate of drug-likeness (QED) is 0.684. The molecule has 0 spiro atoms. The van der Waals surface area contributed by atoms with E-state index in [1.165, 1.54) is 24.3 Å². The Hall–Kier alpha value is -2.91. The molecule has 2 amide bonds. The molecular formula is C23H30N4O4S. The standard InChI is InChI=1S/C23H30N4O4S/c1-16-15-32(30,31)27(23(16)29)20-12-8-18(9-13-20)22(28)24-14-21(26(4)5)17-6-10-19(11-7-17)25(2)3/h6-13,16,21H,14-15H2,1-5H3,(H,24,28). The van der Waals surface area contributed by atoms with Gasteiger partial charge in [-0.05, 0) is 56.1 Å². The van der Waals surface area contributed by atoms with E-state index in [1.54, 1.807) is 6.92 Å². The van der Waals surface area contributed by atoms with Gasteiger partial charge in [0, 0.05) is 31.9 Å². The number of anilines is 2. The second kappa shape index (κ2) is 9.30. The zero-order chi connectivity index (χ0) is 23.6. The number of hydrogen-bond donors (Lipinski definition) is 1. The Morgan fingerprint density at radius 3 is 2.12 bits per heavy atom. The van der Waals surface area contributed by atoms with E-state index in [4.69, 9.17) is 0 Å². The number of carbonyl (C=O) groups is 2. The van der Waals surface area contributed by atoms with Gasteiger partial charge in [0.15, 0.2) is 0 Å². The van der Waals surface area contributed by atoms with Gasteiger partial charge in [0.2, 0.25) is 15.9 Å². The maximum absolute atomic E-state index is 12.7. The molecule has 2 unspecified atom stereocenters. The first-order chi connectivity index (χ1) is 15.0. The molecule has 1 heterocycles. The van der Waals surface area contributed by atoms with Crippen LogP contribution in [0.5, 0.6) is 0 Å². The summed E-state index contributed by atoms with van der Waals surface area (Å²) in [4.78, 5) is 29.0. The molecule has 172 valence electrons. The molecule has 0 aromatic heterocycles. The number of likely N-dealkylation sites (N-methyl/N-ethyl adjacent to an activating group) is 1. The highest BCUT2D eigenvalue weighted by molar-refractivity contribution is 7.94. The van der Waals surface area contributed by atoms with Crippen molar-refractivity contribution in [3.8, 4) is 0 Å². The van der Waals surface area contributed by atoms with Crippen molar-refractivity contribution in [2.75, 3.05) is 49.7 Å². The first-order valence-corrected chi connectivity index (χ1v) is 12.0. The normalized spacial score (nSPS) is 18.6. The summed E-state index contributed by atoms with van der Waals surface area (Å²) in [5, 5.41) is 2.95. The Kier molecular flexibility index (Phi) is 6.90. The Labute approximate surface area is 189 Å². The van der Waals surface area contributed by atoms with E-state index in [0.29, 0.717) is 12.1 Å². The van der Waals surface area contributed by atoms with Crippen molar-refractivity contribution < 1.29 is 18.0 Å². The third-order valence-electron chi connectivity index (χ3n) is 5.60. The van der Waals surface area contributed by atoms with Crippen molar-refractivity contribution in [2.45, 2.75) is 13.0 Å². The number of carbonyl (C=O) groups excluding carboxylic acids is 2. The fourth-order valence-electron chi connectivity index (χ4n) is 3.72. The van der Waals surface area contributed by atoms with E-state index < -0.39 is 21.8 Å². The first-order valence-electron chi connectivity index (χ1n) is 10.4. The maximum atomic E-state index is 12.7. The van der Waals surface area contributed by atoms with Gasteiger partial charge in [-0.2, -0.15) is 0 Å². The molecule has 32 heavy (non-hydrogen) atoms. The predicted molar refractivity (Wildman–Crippen MR) is 126 cm³/mol. The van der Waals surface area contributed by atoms with Crippen LogP contribution in [-0.4, -0.2) is 65.6 Å². The lowest BCUT2D eigenvalue weighted by atomic mass is 10.0. The summed E-state index contributed by atoms with van der Waals surface area (Å²) >= 11 is 0. The predicted octanol–water partition coefficient (Wildman–Crippen LogP) is 2.10. The third kappa shape index (κ3) is 4.94. The van der Waals surface area contributed by atoms with Crippen molar-refractivity contribution in [1.29, 1.82) is 0 Å². The summed E-state index contributed by atoms with van der Waals surface area (Å²) < 4.78 is 25.3. The van der Waals surface area contributed by atoms with Crippen molar-refractivity contribution in [2.24, 2.45) is 5.92 Å². The fraction of sp³-hybridized carbons (Fsp3) is 0.391. The Balaban J connectivity index is 1.69. The van der Waals surface area contributed by atoms with Crippen molar-refractivity contribution in [3.63, 3.8) is 0 Å². The molecule has 1 fully saturated rings. The van der Waals surface area contributed by atoms with Gasteiger partial charge in [0.05, 0.1) is 23.4 Å². The molecule has 1 aliphatic rings. The Morgan fingerprint density at radius 1 is 1.06 bits per heavy atom. The molecular weight excluding hydrogens is 428 g/mol. The van der Waals surface area contributed by atoms with E-state index in [0.717, 1.165) is 15.6 Å². The monoisotopic (exact) mass is 458 g/mol. The molecule has 0 bridgehead atoms. The molecule has 2 atom stereocenters. The minimum atomic E-state index is -3.67. The molecule has 9 heteroatoms. The lowest BCUT2D eigenvalue weighted by Crippen LogP contribution is -2.34. The van der Waals surface area contributed by atoms with Gasteiger partial charge in [-0.25, -0.2) is 12.7 Å². The molecule has 2 aromatic rings. The summed E-state index contributed by atoms with van der Waals surface area (Å²) in [6.45, 7) is 2.00. The van der Waals surface area contributed by atoms with Crippen LogP contribution in [0, 0.1) is 5.92 Å². The van der Waals surface area contributed by atoms with E-state index in [2.05, 4.69) is 17.4 Å². The highest BCUT2D eigenvalue weighted by Gasteiger charge is 2.41. The van der Waals surface area contributed by atoms with Crippen LogP contribution < -0.4 is 14.5 Å². The Morgan fingerprint density at radius 2 is 1.66 bits per heavy atom. The zero-order valence-corrected chi connectivity index (χ0v) is 19.9. The number of nitrogens with one attached hydrogen (secondary N) is 1. The average Bonchev–Trinajstić information content (AvgIpc) is 2.94. The van der Waals surface area contributed by atoms with Crippen LogP contribution >= 0.6 is 0 Å². The van der Waals surface area contributed by atoms with E-state index in [1.807, 2.05) is 50.1 Å². The van der Waals surface area contributed by atoms with Crippen LogP contribution in [0.4, 0.5) is 11.4 Å². The summed E-state index contributed by atoms with van der Waals surface area (Å²) in [7, 11) is 4.22. The summed E-state index contributed by atoms with van der Waals surface area (Å²) in [5.41, 5.74) is 2.83. The van der Waals surface area contributed by atoms with E-state index >= 15 is 0 Å². The van der Waals surface area contributed by atoms with Gasteiger partial charge in [0.25, 0.3) is 5.91 Å². The third-order valence-corrected chi connectivity index (χ3v) is 7.47. The highest BCUT2D eigenvalue weighted by Crippen LogP contribution is 2.28. The van der Waals surface area contributed by atoms with Crippen molar-refractivity contribution >= 4 is 33.2 Å². The van der Waals surface area contributed by atoms with Gasteiger partial charge < -0.3 is 15.1 Å². The summed E-state index contributed by atoms with van der Waals surface area (Å²) in [5.74, 6) is -1.48. The van der Waals surface area contributed by atoms with Crippen LogP contribution in [0.2, 0.25) is 0 Å². The largest absolute Gasteiger partial charge is 0.378 e. The highest BCUT2D eigenvalue weighted by atomic mass is 32.2. The smallest absolute Gasteiger partial charge is 0.251 e. The van der Waals surface area contributed by atoms with Crippen LogP contribution in [0.15, 0.2) is 48.5 Å². The van der Waals surface area contributed by atoms with Crippen LogP contribution in [0.1, 0.15) is 28.9 Å². The molecule has 8 nitrogen and oxygen atoms in total. The van der Waals surface area contributed by atoms with Gasteiger partial charge in [0.1, 0.15) is 0 Å². The van der Waals surface area contributed by atoms with Gasteiger partial charge in [-0.1, -0.05) is 19.1 Å². The molecule has 3 rings (SSSR count). The molecule has 1 N–H and O–H groups in total. The summed E-state index contributed by atoms with van der Waals surface area (Å²) in [6.07, 6.45) is 0. The Bertz CT molecular complexity index is 1080. The molecule has 1 aliphatic heterocycles. The lowest BCUT2D eigenvalue weighted by molar-refractivity contribution is -0.119. The number of rotatable bonds is 7. The fourth-order valence-corrected chi connectivity index (χ4v) is 5.54. The van der Waals surface area contributed by atoms with Gasteiger partial charge in [-0.3, -0.25) is 9.59 Å². The topological polar surface area (TPSA) is 90.0 Å². The second-order valence-corrected chi connectivity index (χ2v) is 10.4. The number of hydrogen-bond acceptors (Lipinski definition) is 6. The number of nitrogens with zero attached hydrogens (tertiary/aromatic N) is 3. The minimum Gasteiger partial charge on any atom is -0.378 e. The van der Waals surface area contributed by atoms with E-state index in [9.17, 15) is 18.0 Å². The molecule has 0 radical (unpaired) electrons. The maximum Gasteiger partial charge on any atom is 0.251 e. The first kappa shape index (κ1) is 23.7. The molecule has 0 aliphatic carbocycles. The molecule has 2 aromatic carbocycles. The van der Waals surface area contributed by atoms with Gasteiger partial charge >= 0.3 is 0 Å². The zero-order valence-electron chi connectivity index (χ0n) is 19.1. The molecule has 1 saturated heterocycles. The van der Waals surface area contributed by atoms with Crippen LogP contribution in [0.3, 0.4) is 0 Å². The van der Waals surface area contributed by atoms with Gasteiger partial charge in [-0.15, -0.1) is 0 Å². The SMILES string of the molecule is CC1CS(=O)(=O)N(c2ccc(C(=O)NCC(c3ccc(N(C)C)cc3)N(C)C)cc2)C1=O. The average molecular weight is 459 g/mol. The van der Waals surface area contributed by atoms with Crippen LogP contribution in [0.25, 0.3) is 0 Å². The minimum absolute atomic E-state index is 0.0108. The number of sulfonamides is 1. The number of benzene rings is 2. The lowest BCUT2D eigenvalue weighted by Gasteiger charge is -2.26. The summed E-state index contributed by atoms with van der Waals surface area (Å²) in [6, 6.07) is 14.2. The van der Waals surface area contributed by atoms with Crippen molar-refractivity contribution in [1.82, 2.24) is 10.2 Å². The van der Waals surface area contributed by atoms with Crippen LogP contribution in [-0.2, 0) is 14.8 Å². The van der Waals surface area contributed by atoms with Crippen molar-refractivity contribution in [3.05, 3.63) is 59.7 Å². The number of amides is 2. The molecule has 0 saturated carbocycles.